The summed E-state index contributed by atoms with van der Waals surface area (Å²) < 4.78 is 0. The van der Waals surface area contributed by atoms with E-state index in [9.17, 15) is 0 Å². The van der Waals surface area contributed by atoms with Crippen LogP contribution < -0.4 is 0 Å². The summed E-state index contributed by atoms with van der Waals surface area (Å²) in [5.74, 6) is 0. The zero-order chi connectivity index (χ0) is 23.3. The molecule has 0 aliphatic heterocycles. The van der Waals surface area contributed by atoms with Crippen molar-refractivity contribution in [2.75, 3.05) is 0 Å². The van der Waals surface area contributed by atoms with E-state index in [-0.39, 0.29) is 0 Å². The second-order valence-electron chi connectivity index (χ2n) is 8.40. The van der Waals surface area contributed by atoms with Crippen LogP contribution in [0.5, 0.6) is 0 Å². The summed E-state index contributed by atoms with van der Waals surface area (Å²) in [6.07, 6.45) is 11.7. The van der Waals surface area contributed by atoms with Gasteiger partial charge in [0.05, 0.1) is 11.4 Å². The second-order valence-corrected chi connectivity index (χ2v) is 8.40. The Balaban J connectivity index is 1.58. The van der Waals surface area contributed by atoms with E-state index in [0.717, 1.165) is 50.3 Å². The number of aromatic nitrogens is 3. The lowest BCUT2D eigenvalue weighted by atomic mass is 9.99. The molecule has 5 rings (SSSR count). The van der Waals surface area contributed by atoms with Crippen LogP contribution in [0.3, 0.4) is 0 Å². The van der Waals surface area contributed by atoms with Crippen LogP contribution in [0.25, 0.3) is 45.8 Å². The summed E-state index contributed by atoms with van der Waals surface area (Å²) in [6, 6.07) is 27.1. The third-order valence-corrected chi connectivity index (χ3v) is 5.84. The van der Waals surface area contributed by atoms with Crippen molar-refractivity contribution in [3.63, 3.8) is 0 Å². The van der Waals surface area contributed by atoms with E-state index in [2.05, 4.69) is 85.6 Å². The van der Waals surface area contributed by atoms with E-state index in [0.29, 0.717) is 0 Å². The van der Waals surface area contributed by atoms with E-state index in [1.807, 2.05) is 42.9 Å². The highest BCUT2D eigenvalue weighted by Crippen LogP contribution is 2.30. The van der Waals surface area contributed by atoms with E-state index in [1.165, 1.54) is 5.56 Å². The fraction of sp³-hybridized carbons (Fsp3) is 0.0645. The van der Waals surface area contributed by atoms with Gasteiger partial charge < -0.3 is 0 Å². The zero-order valence-corrected chi connectivity index (χ0v) is 19.3. The molecular formula is C31H25N3. The predicted octanol–water partition coefficient (Wildman–Crippen LogP) is 7.66. The minimum absolute atomic E-state index is 0.908. The highest BCUT2D eigenvalue weighted by Gasteiger charge is 2.11. The predicted molar refractivity (Wildman–Crippen MR) is 141 cm³/mol. The maximum Gasteiger partial charge on any atom is 0.0790 e. The van der Waals surface area contributed by atoms with Gasteiger partial charge in [-0.25, -0.2) is 0 Å². The van der Waals surface area contributed by atoms with Crippen molar-refractivity contribution < 1.29 is 0 Å². The first-order chi connectivity index (χ1) is 16.7. The molecule has 0 aliphatic rings. The van der Waals surface area contributed by atoms with Gasteiger partial charge >= 0.3 is 0 Å². The molecule has 3 heteroatoms. The summed E-state index contributed by atoms with van der Waals surface area (Å²) in [5.41, 5.74) is 10.6. The van der Waals surface area contributed by atoms with Crippen molar-refractivity contribution in [3.05, 3.63) is 126 Å². The Kier molecular flexibility index (Phi) is 6.09. The van der Waals surface area contributed by atoms with Gasteiger partial charge in [-0.05, 0) is 43.2 Å². The molecule has 0 unspecified atom stereocenters. The molecule has 0 radical (unpaired) electrons. The van der Waals surface area contributed by atoms with Crippen molar-refractivity contribution in [2.24, 2.45) is 0 Å². The lowest BCUT2D eigenvalue weighted by Gasteiger charge is -2.12. The van der Waals surface area contributed by atoms with E-state index < -0.39 is 0 Å². The first kappa shape index (κ1) is 21.5. The monoisotopic (exact) mass is 439 g/mol. The highest BCUT2D eigenvalue weighted by molar-refractivity contribution is 5.82. The standard InChI is InChI=1S/C31H25N3/c1-22-10-13-25(14-11-22)30-23(2)17-29(21-33-30)31-26(15-12-24-7-4-3-5-8-24)18-28(20-34-31)27-9-6-16-32-19-27/h3-21H,1-2H3/b15-12+. The number of benzene rings is 2. The minimum Gasteiger partial charge on any atom is -0.264 e. The largest absolute Gasteiger partial charge is 0.264 e. The number of pyridine rings is 3. The summed E-state index contributed by atoms with van der Waals surface area (Å²) in [4.78, 5) is 14.0. The molecule has 0 fully saturated rings. The van der Waals surface area contributed by atoms with Crippen molar-refractivity contribution in [1.29, 1.82) is 0 Å². The van der Waals surface area contributed by atoms with Gasteiger partial charge in [0.1, 0.15) is 0 Å². The number of aryl methyl sites for hydroxylation is 2. The first-order valence-electron chi connectivity index (χ1n) is 11.3. The van der Waals surface area contributed by atoms with Crippen LogP contribution in [-0.4, -0.2) is 15.0 Å². The van der Waals surface area contributed by atoms with Crippen LogP contribution >= 0.6 is 0 Å². The zero-order valence-electron chi connectivity index (χ0n) is 19.3. The smallest absolute Gasteiger partial charge is 0.0790 e. The average Bonchev–Trinajstić information content (AvgIpc) is 2.89. The Labute approximate surface area is 200 Å². The Morgan fingerprint density at radius 2 is 1.35 bits per heavy atom. The van der Waals surface area contributed by atoms with Gasteiger partial charge in [-0.3, -0.25) is 15.0 Å². The average molecular weight is 440 g/mol. The molecule has 0 saturated carbocycles. The van der Waals surface area contributed by atoms with Crippen molar-refractivity contribution >= 4 is 12.2 Å². The van der Waals surface area contributed by atoms with Crippen LogP contribution in [-0.2, 0) is 0 Å². The van der Waals surface area contributed by atoms with Gasteiger partial charge in [0.2, 0.25) is 0 Å². The summed E-state index contributed by atoms with van der Waals surface area (Å²) in [7, 11) is 0. The Morgan fingerprint density at radius 3 is 2.09 bits per heavy atom. The topological polar surface area (TPSA) is 38.7 Å². The summed E-state index contributed by atoms with van der Waals surface area (Å²) >= 11 is 0. The fourth-order valence-electron chi connectivity index (χ4n) is 4.01. The molecule has 0 atom stereocenters. The van der Waals surface area contributed by atoms with Crippen molar-refractivity contribution in [2.45, 2.75) is 13.8 Å². The normalized spacial score (nSPS) is 11.1. The molecule has 2 aromatic carbocycles. The van der Waals surface area contributed by atoms with E-state index in [4.69, 9.17) is 9.97 Å². The van der Waals surface area contributed by atoms with Gasteiger partial charge in [-0.1, -0.05) is 78.4 Å². The molecule has 3 aromatic heterocycles. The molecule has 3 nitrogen and oxygen atoms in total. The molecule has 34 heavy (non-hydrogen) atoms. The lowest BCUT2D eigenvalue weighted by molar-refractivity contribution is 1.24. The molecule has 0 spiro atoms. The number of hydrogen-bond acceptors (Lipinski definition) is 3. The molecule has 0 saturated heterocycles. The lowest BCUT2D eigenvalue weighted by Crippen LogP contribution is -1.95. The second kappa shape index (κ2) is 9.63. The van der Waals surface area contributed by atoms with Crippen LogP contribution in [0.4, 0.5) is 0 Å². The SMILES string of the molecule is Cc1ccc(-c2ncc(-c3ncc(-c4cccnc4)cc3/C=C/c3ccccc3)cc2C)cc1. The van der Waals surface area contributed by atoms with Gasteiger partial charge in [-0.15, -0.1) is 0 Å². The summed E-state index contributed by atoms with van der Waals surface area (Å²) in [5, 5.41) is 0. The maximum atomic E-state index is 4.87. The Hall–Kier alpha value is -4.37. The molecule has 3 heterocycles. The van der Waals surface area contributed by atoms with Crippen LogP contribution in [0.1, 0.15) is 22.3 Å². The third kappa shape index (κ3) is 4.69. The van der Waals surface area contributed by atoms with Crippen molar-refractivity contribution in [3.8, 4) is 33.6 Å². The maximum absolute atomic E-state index is 4.87. The Morgan fingerprint density at radius 1 is 0.588 bits per heavy atom. The fourth-order valence-corrected chi connectivity index (χ4v) is 4.01. The molecule has 164 valence electrons. The number of hydrogen-bond donors (Lipinski definition) is 0. The third-order valence-electron chi connectivity index (χ3n) is 5.84. The molecule has 0 amide bonds. The Bertz CT molecular complexity index is 1440. The summed E-state index contributed by atoms with van der Waals surface area (Å²) in [6.45, 7) is 4.20. The molecule has 5 aromatic rings. The highest BCUT2D eigenvalue weighted by atomic mass is 14.7. The molecule has 0 aliphatic carbocycles. The van der Waals surface area contributed by atoms with Crippen molar-refractivity contribution in [1.82, 2.24) is 15.0 Å². The van der Waals surface area contributed by atoms with Crippen LogP contribution in [0.2, 0.25) is 0 Å². The van der Waals surface area contributed by atoms with Crippen LogP contribution in [0.15, 0.2) is 104 Å². The number of rotatable bonds is 5. The van der Waals surface area contributed by atoms with E-state index >= 15 is 0 Å². The number of nitrogens with zero attached hydrogens (tertiary/aromatic N) is 3. The van der Waals surface area contributed by atoms with Gasteiger partial charge in [0, 0.05) is 52.6 Å². The quantitative estimate of drug-likeness (QED) is 0.282. The first-order valence-corrected chi connectivity index (χ1v) is 11.3. The van der Waals surface area contributed by atoms with E-state index in [1.54, 1.807) is 6.20 Å². The minimum atomic E-state index is 0.908. The molecule has 0 N–H and O–H groups in total. The van der Waals surface area contributed by atoms with Gasteiger partial charge in [-0.2, -0.15) is 0 Å². The van der Waals surface area contributed by atoms with Gasteiger partial charge in [0.25, 0.3) is 0 Å². The van der Waals surface area contributed by atoms with Crippen LogP contribution in [0, 0.1) is 13.8 Å². The molecular weight excluding hydrogens is 414 g/mol. The molecule has 0 bridgehead atoms. The van der Waals surface area contributed by atoms with Gasteiger partial charge in [0.15, 0.2) is 0 Å².